The molecule has 0 radical (unpaired) electrons. The van der Waals surface area contributed by atoms with E-state index < -0.39 is 17.0 Å². The maximum atomic E-state index is 13.6. The van der Waals surface area contributed by atoms with Gasteiger partial charge in [-0.3, -0.25) is 24.3 Å². The monoisotopic (exact) mass is 454 g/mol. The third-order valence-corrected chi connectivity index (χ3v) is 6.31. The van der Waals surface area contributed by atoms with Crippen LogP contribution in [0.3, 0.4) is 0 Å². The molecule has 1 amide bonds. The number of hydrogen-bond acceptors (Lipinski definition) is 5. The van der Waals surface area contributed by atoms with Crippen LogP contribution in [0.5, 0.6) is 0 Å². The smallest absolute Gasteiger partial charge is 0.269 e. The molecule has 0 bridgehead atoms. The number of para-hydroxylation sites is 1. The van der Waals surface area contributed by atoms with Crippen molar-refractivity contribution >= 4 is 22.5 Å². The zero-order valence-electron chi connectivity index (χ0n) is 18.5. The molecule has 0 saturated heterocycles. The SMILES string of the molecule is C[C@H]1C(=O)N(Cc2ccccc2)[C@H](Cc2ccc([N+](=O)[O-])cc2)c2nc3ccccc3c(=O)n21. The van der Waals surface area contributed by atoms with Crippen molar-refractivity contribution in [2.45, 2.75) is 32.0 Å². The van der Waals surface area contributed by atoms with E-state index in [0.29, 0.717) is 29.7 Å². The number of aromatic nitrogens is 2. The summed E-state index contributed by atoms with van der Waals surface area (Å²) in [7, 11) is 0. The summed E-state index contributed by atoms with van der Waals surface area (Å²) in [5.74, 6) is 0.354. The lowest BCUT2D eigenvalue weighted by atomic mass is 9.98. The second kappa shape index (κ2) is 8.55. The number of carbonyl (C=O) groups is 1. The Kier molecular flexibility index (Phi) is 5.41. The Balaban J connectivity index is 1.65. The minimum Gasteiger partial charge on any atom is -0.326 e. The summed E-state index contributed by atoms with van der Waals surface area (Å²) in [4.78, 5) is 44.2. The Morgan fingerprint density at radius 2 is 1.59 bits per heavy atom. The molecule has 0 spiro atoms. The molecule has 0 saturated carbocycles. The van der Waals surface area contributed by atoms with Gasteiger partial charge in [0.2, 0.25) is 5.91 Å². The highest BCUT2D eigenvalue weighted by Gasteiger charge is 2.39. The Morgan fingerprint density at radius 3 is 2.29 bits per heavy atom. The average molecular weight is 454 g/mol. The number of benzene rings is 3. The van der Waals surface area contributed by atoms with Crippen molar-refractivity contribution in [2.75, 3.05) is 0 Å². The van der Waals surface area contributed by atoms with E-state index in [1.165, 1.54) is 16.7 Å². The summed E-state index contributed by atoms with van der Waals surface area (Å²) >= 11 is 0. The number of rotatable bonds is 5. The molecule has 1 aliphatic rings. The summed E-state index contributed by atoms with van der Waals surface area (Å²) < 4.78 is 1.50. The molecule has 170 valence electrons. The number of non-ortho nitro benzene ring substituents is 1. The lowest BCUT2D eigenvalue weighted by Gasteiger charge is -2.40. The van der Waals surface area contributed by atoms with E-state index in [9.17, 15) is 19.7 Å². The molecule has 5 rings (SSSR count). The molecule has 2 heterocycles. The van der Waals surface area contributed by atoms with Crippen LogP contribution in [0, 0.1) is 10.1 Å². The van der Waals surface area contributed by atoms with Crippen molar-refractivity contribution in [3.8, 4) is 0 Å². The molecule has 3 aromatic carbocycles. The van der Waals surface area contributed by atoms with Crippen LogP contribution in [-0.2, 0) is 17.8 Å². The van der Waals surface area contributed by atoms with Crippen molar-refractivity contribution in [3.63, 3.8) is 0 Å². The molecular weight excluding hydrogens is 432 g/mol. The summed E-state index contributed by atoms with van der Waals surface area (Å²) in [5, 5.41) is 11.5. The van der Waals surface area contributed by atoms with Gasteiger partial charge in [-0.15, -0.1) is 0 Å². The number of nitro groups is 1. The predicted molar refractivity (Wildman–Crippen MR) is 127 cm³/mol. The fourth-order valence-corrected chi connectivity index (χ4v) is 4.56. The number of nitro benzene ring substituents is 1. The zero-order valence-corrected chi connectivity index (χ0v) is 18.5. The molecular formula is C26H22N4O4. The summed E-state index contributed by atoms with van der Waals surface area (Å²) in [5.41, 5.74) is 2.11. The molecule has 0 unspecified atom stereocenters. The molecule has 8 nitrogen and oxygen atoms in total. The lowest BCUT2D eigenvalue weighted by Crippen LogP contribution is -2.49. The number of carbonyl (C=O) groups excluding carboxylic acids is 1. The molecule has 8 heteroatoms. The molecule has 4 aromatic rings. The quantitative estimate of drug-likeness (QED) is 0.333. The van der Waals surface area contributed by atoms with Gasteiger partial charge in [-0.25, -0.2) is 4.98 Å². The van der Waals surface area contributed by atoms with E-state index in [2.05, 4.69) is 0 Å². The van der Waals surface area contributed by atoms with Gasteiger partial charge in [0.15, 0.2) is 0 Å². The topological polar surface area (TPSA) is 98.3 Å². The molecule has 1 aliphatic heterocycles. The first-order valence-corrected chi connectivity index (χ1v) is 11.0. The maximum Gasteiger partial charge on any atom is 0.269 e. The van der Waals surface area contributed by atoms with Gasteiger partial charge < -0.3 is 4.90 Å². The van der Waals surface area contributed by atoms with Crippen LogP contribution in [0.15, 0.2) is 83.7 Å². The zero-order chi connectivity index (χ0) is 23.8. The van der Waals surface area contributed by atoms with Crippen LogP contribution in [0.4, 0.5) is 5.69 Å². The van der Waals surface area contributed by atoms with Crippen LogP contribution in [0.1, 0.15) is 36.0 Å². The van der Waals surface area contributed by atoms with Gasteiger partial charge in [0.05, 0.1) is 21.9 Å². The number of amides is 1. The fraction of sp³-hybridized carbons (Fsp3) is 0.192. The van der Waals surface area contributed by atoms with Gasteiger partial charge in [-0.2, -0.15) is 0 Å². The van der Waals surface area contributed by atoms with Crippen LogP contribution in [0.2, 0.25) is 0 Å². The first-order valence-electron chi connectivity index (χ1n) is 11.0. The first-order chi connectivity index (χ1) is 16.4. The Bertz CT molecular complexity index is 1450. The van der Waals surface area contributed by atoms with Gasteiger partial charge in [-0.05, 0) is 30.2 Å². The van der Waals surface area contributed by atoms with Gasteiger partial charge in [0, 0.05) is 25.1 Å². The summed E-state index contributed by atoms with van der Waals surface area (Å²) in [6.45, 7) is 2.09. The number of nitrogens with zero attached hydrogens (tertiary/aromatic N) is 4. The fourth-order valence-electron chi connectivity index (χ4n) is 4.56. The standard InChI is InChI=1S/C26H22N4O4/c1-17-25(31)28(16-19-7-3-2-4-8-19)23(15-18-11-13-20(14-12-18)30(33)34)24-27-22-10-6-5-9-21(22)26(32)29(17)24/h2-14,17,23H,15-16H2,1H3/t17-,23+/m0/s1. The van der Waals surface area contributed by atoms with Crippen LogP contribution in [0.25, 0.3) is 10.9 Å². The average Bonchev–Trinajstić information content (AvgIpc) is 2.85. The third kappa shape index (κ3) is 3.73. The predicted octanol–water partition coefficient (Wildman–Crippen LogP) is 4.19. The van der Waals surface area contributed by atoms with Gasteiger partial charge >= 0.3 is 0 Å². The minimum atomic E-state index is -0.698. The Labute approximate surface area is 195 Å². The van der Waals surface area contributed by atoms with Crippen LogP contribution in [-0.4, -0.2) is 25.3 Å². The Morgan fingerprint density at radius 1 is 0.912 bits per heavy atom. The van der Waals surface area contributed by atoms with Crippen molar-refractivity contribution in [2.24, 2.45) is 0 Å². The maximum absolute atomic E-state index is 13.6. The van der Waals surface area contributed by atoms with Crippen molar-refractivity contribution < 1.29 is 9.72 Å². The minimum absolute atomic E-state index is 0.000951. The number of hydrogen-bond donors (Lipinski definition) is 0. The van der Waals surface area contributed by atoms with E-state index in [4.69, 9.17) is 4.98 Å². The van der Waals surface area contributed by atoms with E-state index in [-0.39, 0.29) is 17.2 Å². The van der Waals surface area contributed by atoms with Crippen molar-refractivity contribution in [1.29, 1.82) is 0 Å². The molecule has 0 N–H and O–H groups in total. The van der Waals surface area contributed by atoms with E-state index in [0.717, 1.165) is 11.1 Å². The summed E-state index contributed by atoms with van der Waals surface area (Å²) in [6, 6.07) is 21.9. The normalized spacial score (nSPS) is 17.6. The highest BCUT2D eigenvalue weighted by molar-refractivity contribution is 5.84. The lowest BCUT2D eigenvalue weighted by molar-refractivity contribution is -0.384. The highest BCUT2D eigenvalue weighted by atomic mass is 16.6. The second-order valence-electron chi connectivity index (χ2n) is 8.43. The molecule has 1 aromatic heterocycles. The second-order valence-corrected chi connectivity index (χ2v) is 8.43. The van der Waals surface area contributed by atoms with Crippen molar-refractivity contribution in [3.05, 3.63) is 116 Å². The third-order valence-electron chi connectivity index (χ3n) is 6.31. The van der Waals surface area contributed by atoms with Crippen LogP contribution < -0.4 is 5.56 Å². The highest BCUT2D eigenvalue weighted by Crippen LogP contribution is 2.34. The Hall–Kier alpha value is -4.33. The van der Waals surface area contributed by atoms with Gasteiger partial charge in [0.25, 0.3) is 11.2 Å². The number of fused-ring (bicyclic) bond motifs is 2. The van der Waals surface area contributed by atoms with E-state index in [1.807, 2.05) is 36.4 Å². The summed E-state index contributed by atoms with van der Waals surface area (Å²) in [6.07, 6.45) is 0.369. The molecule has 0 fully saturated rings. The molecule has 34 heavy (non-hydrogen) atoms. The van der Waals surface area contributed by atoms with Gasteiger partial charge in [0.1, 0.15) is 11.9 Å². The largest absolute Gasteiger partial charge is 0.326 e. The molecule has 2 atom stereocenters. The molecule has 0 aliphatic carbocycles. The van der Waals surface area contributed by atoms with Gasteiger partial charge in [-0.1, -0.05) is 54.6 Å². The van der Waals surface area contributed by atoms with E-state index in [1.54, 1.807) is 42.2 Å². The first kappa shape index (κ1) is 21.5. The van der Waals surface area contributed by atoms with Crippen LogP contribution >= 0.6 is 0 Å². The van der Waals surface area contributed by atoms with E-state index >= 15 is 0 Å². The van der Waals surface area contributed by atoms with Crippen molar-refractivity contribution in [1.82, 2.24) is 14.5 Å².